The molecule has 0 aliphatic rings. The Balaban J connectivity index is 3.21. The van der Waals surface area contributed by atoms with Gasteiger partial charge in [-0.25, -0.2) is 0 Å². The third-order valence-electron chi connectivity index (χ3n) is 2.22. The Morgan fingerprint density at radius 3 is 2.13 bits per heavy atom. The molecular formula is C10H10BrF3O. The summed E-state index contributed by atoms with van der Waals surface area (Å²) in [5.74, 6) is 0. The molecule has 1 N–H and O–H groups in total. The summed E-state index contributed by atoms with van der Waals surface area (Å²) in [6.45, 7) is 3.50. The number of aryl methyl sites for hydroxylation is 2. The maximum Gasteiger partial charge on any atom is 0.418 e. The van der Waals surface area contributed by atoms with Gasteiger partial charge in [-0.05, 0) is 31.0 Å². The van der Waals surface area contributed by atoms with Crippen molar-refractivity contribution in [2.75, 3.05) is 0 Å². The van der Waals surface area contributed by atoms with Gasteiger partial charge in [-0.15, -0.1) is 0 Å². The van der Waals surface area contributed by atoms with Crippen molar-refractivity contribution in [3.63, 3.8) is 0 Å². The van der Waals surface area contributed by atoms with Crippen molar-refractivity contribution >= 4 is 15.9 Å². The highest BCUT2D eigenvalue weighted by Gasteiger charge is 2.40. The van der Waals surface area contributed by atoms with E-state index in [2.05, 4.69) is 15.9 Å². The molecule has 15 heavy (non-hydrogen) atoms. The van der Waals surface area contributed by atoms with Crippen LogP contribution in [0, 0.1) is 13.8 Å². The highest BCUT2D eigenvalue weighted by atomic mass is 79.9. The van der Waals surface area contributed by atoms with E-state index in [1.54, 1.807) is 19.9 Å². The van der Waals surface area contributed by atoms with Crippen molar-refractivity contribution in [3.05, 3.63) is 33.3 Å². The number of halogens is 4. The SMILES string of the molecule is Cc1cc(Br)c(C(O)C(F)(F)F)cc1C. The lowest BCUT2D eigenvalue weighted by Crippen LogP contribution is -2.20. The van der Waals surface area contributed by atoms with Crippen LogP contribution < -0.4 is 0 Å². The number of aliphatic hydroxyl groups excluding tert-OH is 1. The second-order valence-corrected chi connectivity index (χ2v) is 4.26. The largest absolute Gasteiger partial charge is 0.418 e. The Bertz CT molecular complexity index is 374. The van der Waals surface area contributed by atoms with Crippen molar-refractivity contribution < 1.29 is 18.3 Å². The zero-order chi connectivity index (χ0) is 11.8. The van der Waals surface area contributed by atoms with Crippen LogP contribution in [0.4, 0.5) is 13.2 Å². The molecule has 1 rings (SSSR count). The average Bonchev–Trinajstić information content (AvgIpc) is 2.08. The summed E-state index contributed by atoms with van der Waals surface area (Å²) in [5, 5.41) is 9.10. The highest BCUT2D eigenvalue weighted by Crippen LogP contribution is 2.37. The molecule has 0 amide bonds. The minimum Gasteiger partial charge on any atom is -0.379 e. The lowest BCUT2D eigenvalue weighted by molar-refractivity contribution is -0.207. The minimum absolute atomic E-state index is 0.148. The molecule has 0 fully saturated rings. The number of rotatable bonds is 1. The molecule has 84 valence electrons. The van der Waals surface area contributed by atoms with Crippen LogP contribution in [0.5, 0.6) is 0 Å². The van der Waals surface area contributed by atoms with Gasteiger partial charge in [0, 0.05) is 10.0 Å². The van der Waals surface area contributed by atoms with Crippen molar-refractivity contribution in [3.8, 4) is 0 Å². The first-order chi connectivity index (χ1) is 6.73. The smallest absolute Gasteiger partial charge is 0.379 e. The average molecular weight is 283 g/mol. The number of hydrogen-bond donors (Lipinski definition) is 1. The summed E-state index contributed by atoms with van der Waals surface area (Å²) < 4.78 is 37.1. The summed E-state index contributed by atoms with van der Waals surface area (Å²) in [6, 6.07) is 2.91. The van der Waals surface area contributed by atoms with E-state index in [1.807, 2.05) is 0 Å². The van der Waals surface area contributed by atoms with E-state index in [9.17, 15) is 13.2 Å². The van der Waals surface area contributed by atoms with Gasteiger partial charge in [0.2, 0.25) is 0 Å². The normalized spacial score (nSPS) is 14.1. The molecule has 0 radical (unpaired) electrons. The zero-order valence-electron chi connectivity index (χ0n) is 8.19. The molecule has 0 aromatic heterocycles. The molecule has 0 saturated carbocycles. The second kappa shape index (κ2) is 4.14. The summed E-state index contributed by atoms with van der Waals surface area (Å²) in [4.78, 5) is 0. The van der Waals surface area contributed by atoms with Crippen LogP contribution in [0.1, 0.15) is 22.8 Å². The van der Waals surface area contributed by atoms with Crippen LogP contribution in [-0.2, 0) is 0 Å². The van der Waals surface area contributed by atoms with Gasteiger partial charge in [-0.1, -0.05) is 22.0 Å². The number of alkyl halides is 3. The molecule has 0 saturated heterocycles. The Kier molecular flexibility index (Phi) is 3.45. The van der Waals surface area contributed by atoms with Gasteiger partial charge in [0.15, 0.2) is 6.10 Å². The number of aliphatic hydroxyl groups is 1. The van der Waals surface area contributed by atoms with Gasteiger partial charge in [-0.3, -0.25) is 0 Å². The van der Waals surface area contributed by atoms with Crippen molar-refractivity contribution in [1.29, 1.82) is 0 Å². The van der Waals surface area contributed by atoms with Crippen LogP contribution >= 0.6 is 15.9 Å². The molecule has 5 heteroatoms. The van der Waals surface area contributed by atoms with E-state index in [4.69, 9.17) is 5.11 Å². The summed E-state index contributed by atoms with van der Waals surface area (Å²) >= 11 is 3.01. The Hall–Kier alpha value is -0.550. The molecule has 1 nitrogen and oxygen atoms in total. The highest BCUT2D eigenvalue weighted by molar-refractivity contribution is 9.10. The van der Waals surface area contributed by atoms with E-state index < -0.39 is 12.3 Å². The van der Waals surface area contributed by atoms with Crippen LogP contribution in [0.25, 0.3) is 0 Å². The lowest BCUT2D eigenvalue weighted by Gasteiger charge is -2.17. The Morgan fingerprint density at radius 2 is 1.67 bits per heavy atom. The first-order valence-electron chi connectivity index (χ1n) is 4.25. The third kappa shape index (κ3) is 2.72. The first kappa shape index (κ1) is 12.5. The third-order valence-corrected chi connectivity index (χ3v) is 2.90. The molecular weight excluding hydrogens is 273 g/mol. The quantitative estimate of drug-likeness (QED) is 0.834. The minimum atomic E-state index is -4.63. The molecule has 0 bridgehead atoms. The summed E-state index contributed by atoms with van der Waals surface area (Å²) in [6.07, 6.45) is -7.07. The monoisotopic (exact) mass is 282 g/mol. The molecule has 1 unspecified atom stereocenters. The fraction of sp³-hybridized carbons (Fsp3) is 0.400. The second-order valence-electron chi connectivity index (χ2n) is 3.40. The first-order valence-corrected chi connectivity index (χ1v) is 5.04. The van der Waals surface area contributed by atoms with E-state index in [1.165, 1.54) is 6.07 Å². The number of hydrogen-bond acceptors (Lipinski definition) is 1. The topological polar surface area (TPSA) is 20.2 Å². The van der Waals surface area contributed by atoms with Gasteiger partial charge in [0.05, 0.1) is 0 Å². The lowest BCUT2D eigenvalue weighted by atomic mass is 10.0. The molecule has 1 aromatic rings. The molecule has 0 aliphatic carbocycles. The van der Waals surface area contributed by atoms with E-state index >= 15 is 0 Å². The molecule has 1 atom stereocenters. The van der Waals surface area contributed by atoms with Crippen molar-refractivity contribution in [1.82, 2.24) is 0 Å². The van der Waals surface area contributed by atoms with Gasteiger partial charge >= 0.3 is 6.18 Å². The summed E-state index contributed by atoms with van der Waals surface area (Å²) in [7, 11) is 0. The zero-order valence-corrected chi connectivity index (χ0v) is 9.78. The fourth-order valence-corrected chi connectivity index (χ4v) is 1.86. The maximum atomic E-state index is 12.3. The van der Waals surface area contributed by atoms with Crippen LogP contribution in [0.15, 0.2) is 16.6 Å². The van der Waals surface area contributed by atoms with Crippen LogP contribution in [-0.4, -0.2) is 11.3 Å². The summed E-state index contributed by atoms with van der Waals surface area (Å²) in [5.41, 5.74) is 1.45. The van der Waals surface area contributed by atoms with Crippen molar-refractivity contribution in [2.24, 2.45) is 0 Å². The van der Waals surface area contributed by atoms with Crippen LogP contribution in [0.3, 0.4) is 0 Å². The van der Waals surface area contributed by atoms with E-state index in [0.29, 0.717) is 0 Å². The molecule has 0 aliphatic heterocycles. The van der Waals surface area contributed by atoms with Gasteiger partial charge in [-0.2, -0.15) is 13.2 Å². The van der Waals surface area contributed by atoms with Crippen molar-refractivity contribution in [2.45, 2.75) is 26.1 Å². The predicted octanol–water partition coefficient (Wildman–Crippen LogP) is 3.66. The molecule has 0 heterocycles. The van der Waals surface area contributed by atoms with Gasteiger partial charge in [0.1, 0.15) is 0 Å². The maximum absolute atomic E-state index is 12.3. The standard InChI is InChI=1S/C10H10BrF3O/c1-5-3-7(8(11)4-6(5)2)9(15)10(12,13)14/h3-4,9,15H,1-2H3. The number of benzene rings is 1. The van der Waals surface area contributed by atoms with E-state index in [-0.39, 0.29) is 10.0 Å². The van der Waals surface area contributed by atoms with Gasteiger partial charge in [0.25, 0.3) is 0 Å². The Labute approximate surface area is 94.0 Å². The fourth-order valence-electron chi connectivity index (χ4n) is 1.19. The molecule has 0 spiro atoms. The molecule has 1 aromatic carbocycles. The van der Waals surface area contributed by atoms with E-state index in [0.717, 1.165) is 11.1 Å². The van der Waals surface area contributed by atoms with Gasteiger partial charge < -0.3 is 5.11 Å². The van der Waals surface area contributed by atoms with Crippen LogP contribution in [0.2, 0.25) is 0 Å². The Morgan fingerprint density at radius 1 is 1.20 bits per heavy atom. The predicted molar refractivity (Wildman–Crippen MR) is 54.6 cm³/mol.